The van der Waals surface area contributed by atoms with Crippen molar-refractivity contribution >= 4 is 27.3 Å². The molecule has 0 aliphatic heterocycles. The van der Waals surface area contributed by atoms with Gasteiger partial charge in [-0.1, -0.05) is 0 Å². The summed E-state index contributed by atoms with van der Waals surface area (Å²) in [6.45, 7) is 0.961. The fourth-order valence-corrected chi connectivity index (χ4v) is 6.20. The van der Waals surface area contributed by atoms with Gasteiger partial charge in [-0.2, -0.15) is 0 Å². The molecule has 0 unspecified atom stereocenters. The molecule has 0 saturated heterocycles. The van der Waals surface area contributed by atoms with Crippen molar-refractivity contribution in [3.05, 3.63) is 15.0 Å². The SMILES string of the molecule is Brc1cnc(CNC23CC4CC(CC(C4)C2)C3)s1. The molecule has 5 rings (SSSR count). The Balaban J connectivity index is 1.47. The number of halogens is 1. The smallest absolute Gasteiger partial charge is 0.107 e. The highest BCUT2D eigenvalue weighted by atomic mass is 79.9. The third kappa shape index (κ3) is 2.06. The molecule has 0 atom stereocenters. The Morgan fingerprint density at radius 2 is 1.83 bits per heavy atom. The van der Waals surface area contributed by atoms with Crippen LogP contribution in [0.4, 0.5) is 0 Å². The third-order valence-electron chi connectivity index (χ3n) is 5.18. The molecule has 0 aromatic carbocycles. The second-order valence-corrected chi connectivity index (χ2v) is 9.10. The van der Waals surface area contributed by atoms with E-state index >= 15 is 0 Å². The van der Waals surface area contributed by atoms with Gasteiger partial charge in [0.1, 0.15) is 5.01 Å². The van der Waals surface area contributed by atoms with Crippen LogP contribution in [-0.2, 0) is 6.54 Å². The highest BCUT2D eigenvalue weighted by Crippen LogP contribution is 2.55. The Bertz CT molecular complexity index is 421. The van der Waals surface area contributed by atoms with Crippen LogP contribution in [0.15, 0.2) is 9.98 Å². The van der Waals surface area contributed by atoms with Crippen LogP contribution in [-0.4, -0.2) is 10.5 Å². The number of aromatic nitrogens is 1. The Labute approximate surface area is 121 Å². The summed E-state index contributed by atoms with van der Waals surface area (Å²) in [5.41, 5.74) is 0.465. The lowest BCUT2D eigenvalue weighted by atomic mass is 9.53. The van der Waals surface area contributed by atoms with Crippen LogP contribution in [0.1, 0.15) is 43.5 Å². The van der Waals surface area contributed by atoms with E-state index in [1.165, 1.54) is 43.5 Å². The van der Waals surface area contributed by atoms with Gasteiger partial charge < -0.3 is 5.32 Å². The lowest BCUT2D eigenvalue weighted by Crippen LogP contribution is -2.58. The van der Waals surface area contributed by atoms with Crippen LogP contribution in [0.5, 0.6) is 0 Å². The highest BCUT2D eigenvalue weighted by Gasteiger charge is 2.50. The van der Waals surface area contributed by atoms with Crippen LogP contribution in [0, 0.1) is 17.8 Å². The number of rotatable bonds is 3. The Morgan fingerprint density at radius 3 is 2.33 bits per heavy atom. The maximum Gasteiger partial charge on any atom is 0.107 e. The average Bonchev–Trinajstić information content (AvgIpc) is 2.71. The summed E-state index contributed by atoms with van der Waals surface area (Å²) in [5, 5.41) is 5.10. The van der Waals surface area contributed by atoms with Crippen molar-refractivity contribution in [2.45, 2.75) is 50.6 Å². The summed E-state index contributed by atoms with van der Waals surface area (Å²) in [5.74, 6) is 3.06. The normalized spacial score (nSPS) is 41.5. The first-order valence-electron chi connectivity index (χ1n) is 7.06. The van der Waals surface area contributed by atoms with Crippen LogP contribution >= 0.6 is 27.3 Å². The molecule has 1 N–H and O–H groups in total. The van der Waals surface area contributed by atoms with E-state index in [1.807, 2.05) is 6.20 Å². The van der Waals surface area contributed by atoms with Gasteiger partial charge in [0, 0.05) is 12.1 Å². The molecule has 4 aliphatic carbocycles. The summed E-state index contributed by atoms with van der Waals surface area (Å²) in [7, 11) is 0. The first-order chi connectivity index (χ1) is 8.71. The van der Waals surface area contributed by atoms with Gasteiger partial charge in [0.15, 0.2) is 0 Å². The van der Waals surface area contributed by atoms with E-state index < -0.39 is 0 Å². The van der Waals surface area contributed by atoms with Gasteiger partial charge in [-0.25, -0.2) is 4.98 Å². The van der Waals surface area contributed by atoms with Crippen molar-refractivity contribution < 1.29 is 0 Å². The molecule has 98 valence electrons. The van der Waals surface area contributed by atoms with Gasteiger partial charge >= 0.3 is 0 Å². The summed E-state index contributed by atoms with van der Waals surface area (Å²) in [6.07, 6.45) is 10.7. The predicted molar refractivity (Wildman–Crippen MR) is 77.6 cm³/mol. The predicted octanol–water partition coefficient (Wildman–Crippen LogP) is 3.96. The van der Waals surface area contributed by atoms with Crippen LogP contribution in [0.25, 0.3) is 0 Å². The van der Waals surface area contributed by atoms with E-state index in [1.54, 1.807) is 11.3 Å². The fraction of sp³-hybridized carbons (Fsp3) is 0.786. The van der Waals surface area contributed by atoms with Crippen LogP contribution in [0.3, 0.4) is 0 Å². The number of hydrogen-bond donors (Lipinski definition) is 1. The van der Waals surface area contributed by atoms with Crippen molar-refractivity contribution in [1.82, 2.24) is 10.3 Å². The quantitative estimate of drug-likeness (QED) is 0.909. The van der Waals surface area contributed by atoms with E-state index in [9.17, 15) is 0 Å². The largest absolute Gasteiger partial charge is 0.305 e. The van der Waals surface area contributed by atoms with Crippen molar-refractivity contribution in [2.75, 3.05) is 0 Å². The maximum atomic E-state index is 4.44. The zero-order valence-electron chi connectivity index (χ0n) is 10.5. The summed E-state index contributed by atoms with van der Waals surface area (Å²) < 4.78 is 1.14. The molecule has 4 fully saturated rings. The van der Waals surface area contributed by atoms with E-state index in [0.29, 0.717) is 5.54 Å². The molecule has 1 heterocycles. The topological polar surface area (TPSA) is 24.9 Å². The molecular formula is C14H19BrN2S. The van der Waals surface area contributed by atoms with Gasteiger partial charge in [-0.15, -0.1) is 11.3 Å². The minimum atomic E-state index is 0.465. The zero-order chi connectivity index (χ0) is 12.2. The molecule has 0 radical (unpaired) electrons. The molecular weight excluding hydrogens is 308 g/mol. The van der Waals surface area contributed by atoms with Crippen molar-refractivity contribution in [2.24, 2.45) is 17.8 Å². The van der Waals surface area contributed by atoms with Crippen molar-refractivity contribution in [3.63, 3.8) is 0 Å². The van der Waals surface area contributed by atoms with Gasteiger partial charge in [0.2, 0.25) is 0 Å². The van der Waals surface area contributed by atoms with Crippen LogP contribution in [0.2, 0.25) is 0 Å². The Kier molecular flexibility index (Phi) is 2.82. The monoisotopic (exact) mass is 326 g/mol. The second-order valence-electron chi connectivity index (χ2n) is 6.61. The highest BCUT2D eigenvalue weighted by molar-refractivity contribution is 9.11. The molecule has 1 aromatic heterocycles. The molecule has 4 aliphatic rings. The van der Waals surface area contributed by atoms with Crippen molar-refractivity contribution in [3.8, 4) is 0 Å². The molecule has 0 amide bonds. The van der Waals surface area contributed by atoms with Crippen molar-refractivity contribution in [1.29, 1.82) is 0 Å². The lowest BCUT2D eigenvalue weighted by Gasteiger charge is -2.57. The average molecular weight is 327 g/mol. The number of nitrogens with one attached hydrogen (secondary N) is 1. The standard InChI is InChI=1S/C14H19BrN2S/c15-12-7-16-13(18-12)8-17-14-4-9-1-10(5-14)3-11(2-9)6-14/h7,9-11,17H,1-6,8H2. The number of hydrogen-bond acceptors (Lipinski definition) is 3. The molecule has 4 bridgehead atoms. The molecule has 0 spiro atoms. The van der Waals surface area contributed by atoms with E-state index in [4.69, 9.17) is 0 Å². The van der Waals surface area contributed by atoms with E-state index in [-0.39, 0.29) is 0 Å². The van der Waals surface area contributed by atoms with E-state index in [2.05, 4.69) is 26.2 Å². The molecule has 4 saturated carbocycles. The lowest BCUT2D eigenvalue weighted by molar-refractivity contribution is -0.0206. The van der Waals surface area contributed by atoms with Gasteiger partial charge in [-0.05, 0) is 72.2 Å². The maximum absolute atomic E-state index is 4.44. The Morgan fingerprint density at radius 1 is 1.22 bits per heavy atom. The Hall–Kier alpha value is 0.0700. The van der Waals surface area contributed by atoms with Gasteiger partial charge in [-0.3, -0.25) is 0 Å². The summed E-state index contributed by atoms with van der Waals surface area (Å²) in [4.78, 5) is 4.44. The molecule has 1 aromatic rings. The summed E-state index contributed by atoms with van der Waals surface area (Å²) >= 11 is 5.25. The van der Waals surface area contributed by atoms with E-state index in [0.717, 1.165) is 28.1 Å². The molecule has 18 heavy (non-hydrogen) atoms. The first kappa shape index (κ1) is 11.9. The minimum Gasteiger partial charge on any atom is -0.305 e. The zero-order valence-corrected chi connectivity index (χ0v) is 12.9. The minimum absolute atomic E-state index is 0.465. The first-order valence-corrected chi connectivity index (χ1v) is 8.67. The molecule has 4 heteroatoms. The summed E-state index contributed by atoms with van der Waals surface area (Å²) in [6, 6.07) is 0. The van der Waals surface area contributed by atoms with Gasteiger partial charge in [0.05, 0.1) is 9.98 Å². The third-order valence-corrected chi connectivity index (χ3v) is 6.65. The number of nitrogens with zero attached hydrogens (tertiary/aromatic N) is 1. The van der Waals surface area contributed by atoms with Crippen LogP contribution < -0.4 is 5.32 Å². The van der Waals surface area contributed by atoms with Gasteiger partial charge in [0.25, 0.3) is 0 Å². The fourth-order valence-electron chi connectivity index (χ4n) is 4.96. The molecule has 2 nitrogen and oxygen atoms in total. The number of thiazole rings is 1. The second kappa shape index (κ2) is 4.29.